The van der Waals surface area contributed by atoms with Gasteiger partial charge in [0.1, 0.15) is 11.9 Å². The van der Waals surface area contributed by atoms with Gasteiger partial charge in [-0.05, 0) is 135 Å². The molecule has 284 valence electrons. The Bertz CT molecular complexity index is 2720. The topological polar surface area (TPSA) is 18.5 Å². The molecule has 0 saturated carbocycles. The van der Waals surface area contributed by atoms with E-state index in [1.165, 1.54) is 85.7 Å². The summed E-state index contributed by atoms with van der Waals surface area (Å²) in [5, 5.41) is 2.80. The molecule has 0 bridgehead atoms. The molecule has 1 fully saturated rings. The highest BCUT2D eigenvalue weighted by Gasteiger charge is 2.46. The van der Waals surface area contributed by atoms with Gasteiger partial charge in [-0.15, -0.1) is 0 Å². The Hall–Kier alpha value is -5.44. The van der Waals surface area contributed by atoms with Gasteiger partial charge in [-0.2, -0.15) is 0 Å². The maximum absolute atomic E-state index is 6.93. The smallest absolute Gasteiger partial charge is 0.135 e. The number of hydrogen-bond acceptors (Lipinski definition) is 2. The number of fused-ring (bicyclic) bond motifs is 13. The third-order valence-electron chi connectivity index (χ3n) is 15.2. The van der Waals surface area contributed by atoms with Crippen LogP contribution in [0.1, 0.15) is 83.1 Å². The van der Waals surface area contributed by atoms with Crippen LogP contribution >= 0.6 is 0 Å². The molecule has 9 atom stereocenters. The summed E-state index contributed by atoms with van der Waals surface area (Å²) in [4.78, 5) is 0. The van der Waals surface area contributed by atoms with E-state index in [1.54, 1.807) is 11.1 Å². The van der Waals surface area contributed by atoms with E-state index in [2.05, 4.69) is 152 Å². The summed E-state index contributed by atoms with van der Waals surface area (Å²) in [7, 11) is 0. The van der Waals surface area contributed by atoms with Crippen molar-refractivity contribution in [1.29, 1.82) is 0 Å². The molecule has 7 aliphatic carbocycles. The highest BCUT2D eigenvalue weighted by molar-refractivity contribution is 6.08. The molecule has 2 heterocycles. The van der Waals surface area contributed by atoms with Crippen LogP contribution in [0, 0.1) is 29.6 Å². The molecule has 0 N–H and O–H groups in total. The zero-order valence-electron chi connectivity index (χ0n) is 32.9. The normalized spacial score (nSPS) is 31.4. The highest BCUT2D eigenvalue weighted by atomic mass is 16.5. The predicted octanol–water partition coefficient (Wildman–Crippen LogP) is 13.2. The number of benzene rings is 4. The molecule has 2 aliphatic heterocycles. The maximum atomic E-state index is 6.93. The summed E-state index contributed by atoms with van der Waals surface area (Å²) in [6, 6.07) is 23.4. The fourth-order valence-corrected chi connectivity index (χ4v) is 12.4. The van der Waals surface area contributed by atoms with Gasteiger partial charge in [0.2, 0.25) is 0 Å². The molecular weight excluding hydrogens is 705 g/mol. The SMILES string of the molecule is C1=CC2C=C(c3ccc4c(C5=CCC6OC7C(C=CC8C=CC=CC87)C6=C5)c5c(c(-c6ccc7c(c6)C6C=Cc8ccccc8C6O7)c4c3)CCCC5)CCC2C=C1. The Morgan fingerprint density at radius 3 is 2.43 bits per heavy atom. The van der Waals surface area contributed by atoms with Gasteiger partial charge in [-0.25, -0.2) is 0 Å². The predicted molar refractivity (Wildman–Crippen MR) is 237 cm³/mol. The first kappa shape index (κ1) is 33.5. The van der Waals surface area contributed by atoms with Crippen molar-refractivity contribution in [2.45, 2.75) is 69.2 Å². The first-order valence-corrected chi connectivity index (χ1v) is 22.1. The molecule has 1 saturated heterocycles. The molecule has 0 spiro atoms. The molecule has 2 heteroatoms. The lowest BCUT2D eigenvalue weighted by Crippen LogP contribution is -2.33. The highest BCUT2D eigenvalue weighted by Crippen LogP contribution is 2.54. The maximum Gasteiger partial charge on any atom is 0.135 e. The van der Waals surface area contributed by atoms with E-state index >= 15 is 0 Å². The van der Waals surface area contributed by atoms with Crippen molar-refractivity contribution in [1.82, 2.24) is 0 Å². The second-order valence-corrected chi connectivity index (χ2v) is 18.2. The third-order valence-corrected chi connectivity index (χ3v) is 15.2. The van der Waals surface area contributed by atoms with E-state index in [4.69, 9.17) is 9.47 Å². The van der Waals surface area contributed by atoms with E-state index in [1.807, 2.05) is 0 Å². The fraction of sp³-hybridized carbons (Fsp3) is 0.286. The summed E-state index contributed by atoms with van der Waals surface area (Å²) < 4.78 is 13.7. The summed E-state index contributed by atoms with van der Waals surface area (Å²) in [6.45, 7) is 0. The molecule has 4 aromatic carbocycles. The van der Waals surface area contributed by atoms with E-state index in [-0.39, 0.29) is 24.2 Å². The average molecular weight is 753 g/mol. The Balaban J connectivity index is 0.985. The van der Waals surface area contributed by atoms with Gasteiger partial charge >= 0.3 is 0 Å². The molecule has 58 heavy (non-hydrogen) atoms. The standard InChI is InChI=1S/C56H48O2/c1-2-12-36-29-37(18-17-33(36)9-1)38-21-24-45-50(30-38)54(40-23-28-52-49(32-40)47-26-20-35-11-4-6-14-42(35)56(47)58-52)44-16-8-7-15-43(44)53(45)39-22-27-51-48(31-39)46-25-19-34-10-3-5-13-41(34)55(46)57-51/h1-6,9-14,19-26,28-34,36,41,46-47,51,55-56H,7-8,15-18,27H2. The minimum Gasteiger partial charge on any atom is -0.484 e. The molecule has 2 nitrogen and oxygen atoms in total. The lowest BCUT2D eigenvalue weighted by molar-refractivity contribution is 0.00968. The van der Waals surface area contributed by atoms with Crippen LogP contribution < -0.4 is 4.74 Å². The van der Waals surface area contributed by atoms with Crippen molar-refractivity contribution in [3.63, 3.8) is 0 Å². The lowest BCUT2D eigenvalue weighted by Gasteiger charge is -2.33. The summed E-state index contributed by atoms with van der Waals surface area (Å²) in [5.74, 6) is 3.53. The third kappa shape index (κ3) is 5.07. The van der Waals surface area contributed by atoms with Crippen molar-refractivity contribution < 1.29 is 9.47 Å². The van der Waals surface area contributed by atoms with Gasteiger partial charge < -0.3 is 9.47 Å². The second-order valence-electron chi connectivity index (χ2n) is 18.2. The molecule has 4 aromatic rings. The average Bonchev–Trinajstić information content (AvgIpc) is 3.86. The molecule has 9 unspecified atom stereocenters. The number of rotatable bonds is 3. The van der Waals surface area contributed by atoms with E-state index in [0.29, 0.717) is 29.6 Å². The Labute approximate surface area is 342 Å². The van der Waals surface area contributed by atoms with Crippen molar-refractivity contribution in [3.05, 3.63) is 190 Å². The van der Waals surface area contributed by atoms with Crippen LogP contribution in [-0.2, 0) is 17.6 Å². The molecule has 0 amide bonds. The largest absolute Gasteiger partial charge is 0.484 e. The first-order chi connectivity index (χ1) is 28.7. The van der Waals surface area contributed by atoms with Crippen molar-refractivity contribution in [2.24, 2.45) is 29.6 Å². The molecule has 9 aliphatic rings. The van der Waals surface area contributed by atoms with Gasteiger partial charge in [-0.3, -0.25) is 0 Å². The Kier molecular flexibility index (Phi) is 7.53. The first-order valence-electron chi connectivity index (χ1n) is 22.1. The number of allylic oxidation sites excluding steroid dienone is 12. The van der Waals surface area contributed by atoms with Crippen LogP contribution in [0.25, 0.3) is 39.1 Å². The van der Waals surface area contributed by atoms with Crippen LogP contribution in [0.4, 0.5) is 0 Å². The zero-order chi connectivity index (χ0) is 37.9. The van der Waals surface area contributed by atoms with Gasteiger partial charge in [0.15, 0.2) is 0 Å². The van der Waals surface area contributed by atoms with Crippen molar-refractivity contribution in [3.8, 4) is 16.9 Å². The fourth-order valence-electron chi connectivity index (χ4n) is 12.4. The van der Waals surface area contributed by atoms with E-state index in [0.717, 1.165) is 31.4 Å². The van der Waals surface area contributed by atoms with Crippen LogP contribution in [0.3, 0.4) is 0 Å². The van der Waals surface area contributed by atoms with Crippen molar-refractivity contribution >= 4 is 28.0 Å². The molecular formula is C56H48O2. The Morgan fingerprint density at radius 2 is 1.48 bits per heavy atom. The van der Waals surface area contributed by atoms with Crippen LogP contribution in [0.2, 0.25) is 0 Å². The molecule has 0 radical (unpaired) electrons. The summed E-state index contributed by atoms with van der Waals surface area (Å²) >= 11 is 0. The number of ether oxygens (including phenoxy) is 2. The van der Waals surface area contributed by atoms with Gasteiger partial charge in [-0.1, -0.05) is 134 Å². The zero-order valence-corrected chi connectivity index (χ0v) is 32.9. The Morgan fingerprint density at radius 1 is 0.638 bits per heavy atom. The van der Waals surface area contributed by atoms with Crippen LogP contribution in [0.15, 0.2) is 151 Å². The summed E-state index contributed by atoms with van der Waals surface area (Å²) in [5.41, 5.74) is 17.0. The van der Waals surface area contributed by atoms with E-state index < -0.39 is 0 Å². The minimum absolute atomic E-state index is 0.0293. The van der Waals surface area contributed by atoms with Gasteiger partial charge in [0.05, 0.1) is 12.2 Å². The number of hydrogen-bond donors (Lipinski definition) is 0. The summed E-state index contributed by atoms with van der Waals surface area (Å²) in [6.07, 6.45) is 44.0. The minimum atomic E-state index is 0.0293. The van der Waals surface area contributed by atoms with Crippen molar-refractivity contribution in [2.75, 3.05) is 0 Å². The van der Waals surface area contributed by atoms with Crippen LogP contribution in [0.5, 0.6) is 5.75 Å². The monoisotopic (exact) mass is 752 g/mol. The quantitative estimate of drug-likeness (QED) is 0.194. The second kappa shape index (κ2) is 13.0. The van der Waals surface area contributed by atoms with Gasteiger partial charge in [0, 0.05) is 40.7 Å². The van der Waals surface area contributed by atoms with Crippen LogP contribution in [-0.4, -0.2) is 12.2 Å². The molecule has 13 rings (SSSR count). The van der Waals surface area contributed by atoms with Gasteiger partial charge in [0.25, 0.3) is 0 Å². The van der Waals surface area contributed by atoms with E-state index in [9.17, 15) is 0 Å². The molecule has 0 aromatic heterocycles. The lowest BCUT2D eigenvalue weighted by atomic mass is 9.71.